The number of amides is 1. The first kappa shape index (κ1) is 17.9. The molecule has 3 aromatic rings. The molecule has 1 aromatic carbocycles. The van der Waals surface area contributed by atoms with Crippen LogP contribution >= 0.6 is 11.3 Å². The molecule has 1 unspecified atom stereocenters. The van der Waals surface area contributed by atoms with E-state index in [-0.39, 0.29) is 18.6 Å². The fourth-order valence-corrected chi connectivity index (χ4v) is 4.21. The fraction of sp³-hybridized carbons (Fsp3) is 0.286. The first-order valence-corrected chi connectivity index (χ1v) is 10.4. The van der Waals surface area contributed by atoms with Gasteiger partial charge in [0.25, 0.3) is 5.89 Å². The van der Waals surface area contributed by atoms with Crippen LogP contribution in [0.3, 0.4) is 0 Å². The minimum absolute atomic E-state index is 0.0228. The second kappa shape index (κ2) is 7.71. The number of piperidine rings is 1. The zero-order valence-electron chi connectivity index (χ0n) is 15.6. The maximum absolute atomic E-state index is 12.7. The van der Waals surface area contributed by atoms with E-state index in [2.05, 4.69) is 10.2 Å². The van der Waals surface area contributed by atoms with E-state index in [4.69, 9.17) is 13.9 Å². The molecule has 7 nitrogen and oxygen atoms in total. The highest BCUT2D eigenvalue weighted by atomic mass is 32.1. The number of fused-ring (bicyclic) bond motifs is 1. The predicted molar refractivity (Wildman–Crippen MR) is 108 cm³/mol. The van der Waals surface area contributed by atoms with Gasteiger partial charge in [0, 0.05) is 19.2 Å². The number of aromatic nitrogens is 2. The molecule has 8 heteroatoms. The van der Waals surface area contributed by atoms with Crippen LogP contribution in [-0.2, 0) is 4.79 Å². The molecule has 0 N–H and O–H groups in total. The van der Waals surface area contributed by atoms with Gasteiger partial charge in [-0.2, -0.15) is 0 Å². The van der Waals surface area contributed by atoms with E-state index in [0.29, 0.717) is 24.1 Å². The number of thiophene rings is 1. The van der Waals surface area contributed by atoms with Gasteiger partial charge in [-0.25, -0.2) is 0 Å². The molecule has 2 aromatic heterocycles. The van der Waals surface area contributed by atoms with Gasteiger partial charge >= 0.3 is 0 Å². The highest BCUT2D eigenvalue weighted by molar-refractivity contribution is 7.13. The Labute approximate surface area is 171 Å². The third kappa shape index (κ3) is 3.75. The quantitative estimate of drug-likeness (QED) is 0.608. The Morgan fingerprint density at radius 2 is 2.14 bits per heavy atom. The molecular formula is C21H19N3O4S. The van der Waals surface area contributed by atoms with Crippen molar-refractivity contribution in [2.75, 3.05) is 19.9 Å². The number of carbonyl (C=O) groups excluding carboxylic acids is 1. The van der Waals surface area contributed by atoms with E-state index in [1.165, 1.54) is 0 Å². The van der Waals surface area contributed by atoms with Gasteiger partial charge in [-0.15, -0.1) is 21.5 Å². The van der Waals surface area contributed by atoms with Crippen molar-refractivity contribution in [2.45, 2.75) is 18.8 Å². The van der Waals surface area contributed by atoms with E-state index in [9.17, 15) is 4.79 Å². The molecule has 148 valence electrons. The van der Waals surface area contributed by atoms with Gasteiger partial charge in [0.15, 0.2) is 11.5 Å². The average Bonchev–Trinajstić information content (AvgIpc) is 3.52. The van der Waals surface area contributed by atoms with Crippen molar-refractivity contribution in [1.29, 1.82) is 0 Å². The Balaban J connectivity index is 1.25. The summed E-state index contributed by atoms with van der Waals surface area (Å²) in [7, 11) is 0. The molecule has 0 bridgehead atoms. The highest BCUT2D eigenvalue weighted by Crippen LogP contribution is 2.33. The van der Waals surface area contributed by atoms with Gasteiger partial charge in [0.2, 0.25) is 18.6 Å². The van der Waals surface area contributed by atoms with Gasteiger partial charge in [-0.3, -0.25) is 4.79 Å². The van der Waals surface area contributed by atoms with Crippen LogP contribution in [-0.4, -0.2) is 40.9 Å². The van der Waals surface area contributed by atoms with Gasteiger partial charge in [0.1, 0.15) is 0 Å². The van der Waals surface area contributed by atoms with E-state index >= 15 is 0 Å². The van der Waals surface area contributed by atoms with Crippen LogP contribution in [0.4, 0.5) is 0 Å². The minimum atomic E-state index is -0.0228. The third-order valence-electron chi connectivity index (χ3n) is 5.07. The predicted octanol–water partition coefficient (Wildman–Crippen LogP) is 3.95. The second-order valence-corrected chi connectivity index (χ2v) is 7.94. The van der Waals surface area contributed by atoms with Crippen molar-refractivity contribution in [2.24, 2.45) is 0 Å². The molecule has 4 heterocycles. The molecule has 0 aliphatic carbocycles. The SMILES string of the molecule is O=C(/C=C/c1ccc2c(c1)OCO2)N1CCCC(c2nnc(-c3cccs3)o2)C1. The number of hydrogen-bond acceptors (Lipinski definition) is 7. The Morgan fingerprint density at radius 1 is 1.21 bits per heavy atom. The van der Waals surface area contributed by atoms with E-state index in [0.717, 1.165) is 35.6 Å². The Bertz CT molecular complexity index is 1040. The lowest BCUT2D eigenvalue weighted by Gasteiger charge is -2.30. The lowest BCUT2D eigenvalue weighted by atomic mass is 9.98. The van der Waals surface area contributed by atoms with Crippen LogP contribution in [0.2, 0.25) is 0 Å². The van der Waals surface area contributed by atoms with E-state index < -0.39 is 0 Å². The van der Waals surface area contributed by atoms with Crippen LogP contribution in [0.5, 0.6) is 11.5 Å². The molecule has 2 aliphatic rings. The molecule has 2 aliphatic heterocycles. The number of rotatable bonds is 4. The largest absolute Gasteiger partial charge is 0.454 e. The molecule has 0 spiro atoms. The molecule has 0 radical (unpaired) electrons. The van der Waals surface area contributed by atoms with Crippen molar-refractivity contribution >= 4 is 23.3 Å². The average molecular weight is 409 g/mol. The number of ether oxygens (including phenoxy) is 2. The van der Waals surface area contributed by atoms with Crippen LogP contribution < -0.4 is 9.47 Å². The smallest absolute Gasteiger partial charge is 0.257 e. The first-order valence-electron chi connectivity index (χ1n) is 9.50. The van der Waals surface area contributed by atoms with E-state index in [1.807, 2.05) is 40.6 Å². The number of benzene rings is 1. The molecule has 1 saturated heterocycles. The van der Waals surface area contributed by atoms with Crippen molar-refractivity contribution in [3.8, 4) is 22.3 Å². The maximum atomic E-state index is 12.7. The summed E-state index contributed by atoms with van der Waals surface area (Å²) >= 11 is 1.57. The van der Waals surface area contributed by atoms with Crippen molar-refractivity contribution in [3.63, 3.8) is 0 Å². The molecular weight excluding hydrogens is 390 g/mol. The summed E-state index contributed by atoms with van der Waals surface area (Å²) in [6, 6.07) is 9.54. The number of hydrogen-bond donors (Lipinski definition) is 0. The molecule has 29 heavy (non-hydrogen) atoms. The zero-order chi connectivity index (χ0) is 19.6. The summed E-state index contributed by atoms with van der Waals surface area (Å²) in [6.07, 6.45) is 5.24. The van der Waals surface area contributed by atoms with Gasteiger partial charge in [0.05, 0.1) is 10.8 Å². The van der Waals surface area contributed by atoms with Gasteiger partial charge in [-0.1, -0.05) is 12.1 Å². The van der Waals surface area contributed by atoms with Gasteiger partial charge in [-0.05, 0) is 48.1 Å². The molecule has 1 amide bonds. The lowest BCUT2D eigenvalue weighted by molar-refractivity contribution is -0.127. The summed E-state index contributed by atoms with van der Waals surface area (Å²) in [5, 5.41) is 10.4. The lowest BCUT2D eigenvalue weighted by Crippen LogP contribution is -2.38. The Kier molecular flexibility index (Phi) is 4.77. The standard InChI is InChI=1S/C21H19N3O4S/c25-19(8-6-14-5-7-16-17(11-14)27-13-26-16)24-9-1-3-15(12-24)20-22-23-21(28-20)18-4-2-10-29-18/h2,4-8,10-11,15H,1,3,9,12-13H2/b8-6+. The van der Waals surface area contributed by atoms with Crippen LogP contribution in [0, 0.1) is 0 Å². The van der Waals surface area contributed by atoms with Crippen molar-refractivity contribution in [1.82, 2.24) is 15.1 Å². The first-order chi connectivity index (χ1) is 14.3. The normalized spacial score (nSPS) is 18.5. The molecule has 1 fully saturated rings. The monoisotopic (exact) mass is 409 g/mol. The summed E-state index contributed by atoms with van der Waals surface area (Å²) in [6.45, 7) is 1.55. The molecule has 1 atom stereocenters. The molecule has 5 rings (SSSR count). The second-order valence-electron chi connectivity index (χ2n) is 6.99. The van der Waals surface area contributed by atoms with Crippen LogP contribution in [0.25, 0.3) is 16.8 Å². The zero-order valence-corrected chi connectivity index (χ0v) is 16.4. The number of nitrogens with zero attached hydrogens (tertiary/aromatic N) is 3. The molecule has 0 saturated carbocycles. The Morgan fingerprint density at radius 3 is 3.03 bits per heavy atom. The number of carbonyl (C=O) groups is 1. The summed E-state index contributed by atoms with van der Waals surface area (Å²) in [5.74, 6) is 2.62. The fourth-order valence-electron chi connectivity index (χ4n) is 3.57. The van der Waals surface area contributed by atoms with E-state index in [1.54, 1.807) is 23.5 Å². The summed E-state index contributed by atoms with van der Waals surface area (Å²) < 4.78 is 16.6. The van der Waals surface area contributed by atoms with Crippen molar-refractivity contribution in [3.05, 3.63) is 53.2 Å². The topological polar surface area (TPSA) is 77.7 Å². The number of likely N-dealkylation sites (tertiary alicyclic amines) is 1. The van der Waals surface area contributed by atoms with Crippen LogP contribution in [0.1, 0.15) is 30.2 Å². The Hall–Kier alpha value is -3.13. The maximum Gasteiger partial charge on any atom is 0.257 e. The minimum Gasteiger partial charge on any atom is -0.454 e. The third-order valence-corrected chi connectivity index (χ3v) is 5.93. The van der Waals surface area contributed by atoms with Gasteiger partial charge < -0.3 is 18.8 Å². The summed E-state index contributed by atoms with van der Waals surface area (Å²) in [5.41, 5.74) is 0.897. The highest BCUT2D eigenvalue weighted by Gasteiger charge is 2.28. The van der Waals surface area contributed by atoms with Crippen molar-refractivity contribution < 1.29 is 18.7 Å². The van der Waals surface area contributed by atoms with Crippen LogP contribution in [0.15, 0.2) is 46.2 Å². The summed E-state index contributed by atoms with van der Waals surface area (Å²) in [4.78, 5) is 15.5.